The van der Waals surface area contributed by atoms with Gasteiger partial charge in [0.05, 0.1) is 16.1 Å². The third-order valence-corrected chi connectivity index (χ3v) is 3.67. The Hall–Kier alpha value is -1.61. The quantitative estimate of drug-likeness (QED) is 0.816. The Kier molecular flexibility index (Phi) is 4.84. The molecule has 0 fully saturated rings. The standard InChI is InChI=1S/C12H13Br2N5O2/c1-19(2)11-16-10(15)17-12(18-11)21-9-5-6(13)8(20-3)4-7(9)14/h4-5H,1-3H3,(H2,15,16,17,18). The molecule has 0 saturated heterocycles. The van der Waals surface area contributed by atoms with E-state index in [2.05, 4.69) is 46.8 Å². The van der Waals surface area contributed by atoms with E-state index in [0.717, 1.165) is 4.47 Å². The second-order valence-electron chi connectivity index (χ2n) is 4.19. The summed E-state index contributed by atoms with van der Waals surface area (Å²) in [4.78, 5) is 13.9. The number of nitrogen functional groups attached to an aromatic ring is 1. The number of nitrogens with zero attached hydrogens (tertiary/aromatic N) is 4. The van der Waals surface area contributed by atoms with Gasteiger partial charge >= 0.3 is 6.01 Å². The molecule has 1 heterocycles. The Morgan fingerprint density at radius 2 is 1.67 bits per heavy atom. The van der Waals surface area contributed by atoms with Crippen LogP contribution >= 0.6 is 31.9 Å². The Morgan fingerprint density at radius 3 is 2.29 bits per heavy atom. The van der Waals surface area contributed by atoms with Crippen LogP contribution in [0.3, 0.4) is 0 Å². The average molecular weight is 419 g/mol. The van der Waals surface area contributed by atoms with Crippen LogP contribution in [0.15, 0.2) is 21.1 Å². The summed E-state index contributed by atoms with van der Waals surface area (Å²) in [6.07, 6.45) is 0. The van der Waals surface area contributed by atoms with E-state index < -0.39 is 0 Å². The maximum atomic E-state index is 5.66. The minimum absolute atomic E-state index is 0.0902. The van der Waals surface area contributed by atoms with Crippen LogP contribution in [0, 0.1) is 0 Å². The van der Waals surface area contributed by atoms with Crippen LogP contribution in [-0.4, -0.2) is 36.2 Å². The Bertz CT molecular complexity index is 666. The van der Waals surface area contributed by atoms with Crippen molar-refractivity contribution in [1.82, 2.24) is 15.0 Å². The fourth-order valence-electron chi connectivity index (χ4n) is 1.45. The molecule has 2 aromatic rings. The van der Waals surface area contributed by atoms with E-state index in [1.165, 1.54) is 0 Å². The normalized spacial score (nSPS) is 10.3. The van der Waals surface area contributed by atoms with Crippen LogP contribution < -0.4 is 20.1 Å². The minimum atomic E-state index is 0.0902. The molecule has 2 rings (SSSR count). The lowest BCUT2D eigenvalue weighted by Gasteiger charge is -2.13. The fourth-order valence-corrected chi connectivity index (χ4v) is 2.34. The molecule has 0 amide bonds. The maximum Gasteiger partial charge on any atom is 0.328 e. The lowest BCUT2D eigenvalue weighted by molar-refractivity contribution is 0.406. The molecule has 1 aromatic carbocycles. The van der Waals surface area contributed by atoms with Gasteiger partial charge < -0.3 is 20.1 Å². The van der Waals surface area contributed by atoms with Crippen molar-refractivity contribution in [2.75, 3.05) is 31.8 Å². The highest BCUT2D eigenvalue weighted by Gasteiger charge is 2.13. The van der Waals surface area contributed by atoms with Gasteiger partial charge in [0.25, 0.3) is 0 Å². The van der Waals surface area contributed by atoms with Crippen LogP contribution in [0.4, 0.5) is 11.9 Å². The molecule has 0 radical (unpaired) electrons. The van der Waals surface area contributed by atoms with Crippen LogP contribution in [0.5, 0.6) is 17.5 Å². The molecule has 9 heteroatoms. The number of ether oxygens (including phenoxy) is 2. The zero-order valence-corrected chi connectivity index (χ0v) is 14.8. The summed E-state index contributed by atoms with van der Waals surface area (Å²) in [5, 5.41) is 0. The highest BCUT2D eigenvalue weighted by Crippen LogP contribution is 2.37. The number of aromatic nitrogens is 3. The Morgan fingerprint density at radius 1 is 1.05 bits per heavy atom. The predicted octanol–water partition coefficient (Wildman–Crippen LogP) is 2.85. The average Bonchev–Trinajstić information content (AvgIpc) is 2.41. The summed E-state index contributed by atoms with van der Waals surface area (Å²) in [5.41, 5.74) is 5.65. The molecule has 0 aliphatic rings. The van der Waals surface area contributed by atoms with E-state index in [1.807, 2.05) is 0 Å². The smallest absolute Gasteiger partial charge is 0.328 e. The molecular formula is C12H13Br2N5O2. The number of rotatable bonds is 4. The van der Waals surface area contributed by atoms with Gasteiger partial charge in [-0.2, -0.15) is 15.0 Å². The van der Waals surface area contributed by atoms with E-state index in [-0.39, 0.29) is 12.0 Å². The summed E-state index contributed by atoms with van der Waals surface area (Å²) in [5.74, 6) is 1.71. The summed E-state index contributed by atoms with van der Waals surface area (Å²) in [6, 6.07) is 3.64. The van der Waals surface area contributed by atoms with Gasteiger partial charge in [-0.15, -0.1) is 0 Å². The predicted molar refractivity (Wildman–Crippen MR) is 87.0 cm³/mol. The molecule has 2 N–H and O–H groups in total. The van der Waals surface area contributed by atoms with Gasteiger partial charge in [-0.3, -0.25) is 0 Å². The zero-order valence-electron chi connectivity index (χ0n) is 11.6. The van der Waals surface area contributed by atoms with Crippen LogP contribution in [0.2, 0.25) is 0 Å². The van der Waals surface area contributed by atoms with Crippen molar-refractivity contribution in [1.29, 1.82) is 0 Å². The number of methoxy groups -OCH3 is 1. The Labute approximate surface area is 138 Å². The van der Waals surface area contributed by atoms with Gasteiger partial charge in [0.2, 0.25) is 11.9 Å². The monoisotopic (exact) mass is 417 g/mol. The zero-order chi connectivity index (χ0) is 15.6. The molecule has 21 heavy (non-hydrogen) atoms. The first kappa shape index (κ1) is 15.8. The van der Waals surface area contributed by atoms with Gasteiger partial charge in [0.15, 0.2) is 0 Å². The number of anilines is 2. The number of hydrogen-bond acceptors (Lipinski definition) is 7. The Balaban J connectivity index is 2.36. The van der Waals surface area contributed by atoms with E-state index in [1.54, 1.807) is 38.2 Å². The molecule has 0 aliphatic heterocycles. The second-order valence-corrected chi connectivity index (χ2v) is 5.90. The SMILES string of the molecule is COc1cc(Br)c(Oc2nc(N)nc(N(C)C)n2)cc1Br. The second kappa shape index (κ2) is 6.44. The van der Waals surface area contributed by atoms with Crippen LogP contribution in [0.25, 0.3) is 0 Å². The van der Waals surface area contributed by atoms with Gasteiger partial charge in [-0.1, -0.05) is 0 Å². The summed E-state index contributed by atoms with van der Waals surface area (Å²) >= 11 is 6.80. The topological polar surface area (TPSA) is 86.4 Å². The highest BCUT2D eigenvalue weighted by atomic mass is 79.9. The lowest BCUT2D eigenvalue weighted by atomic mass is 10.3. The molecule has 0 aliphatic carbocycles. The van der Waals surface area contributed by atoms with Crippen LogP contribution in [-0.2, 0) is 0 Å². The van der Waals surface area contributed by atoms with E-state index >= 15 is 0 Å². The van der Waals surface area contributed by atoms with Crippen molar-refractivity contribution in [2.24, 2.45) is 0 Å². The molecule has 7 nitrogen and oxygen atoms in total. The molecule has 0 bridgehead atoms. The number of halogens is 2. The summed E-state index contributed by atoms with van der Waals surface area (Å²) in [7, 11) is 5.19. The van der Waals surface area contributed by atoms with Gasteiger partial charge in [-0.05, 0) is 37.9 Å². The molecule has 0 saturated carbocycles. The first-order chi connectivity index (χ1) is 9.90. The van der Waals surface area contributed by atoms with Gasteiger partial charge in [-0.25, -0.2) is 0 Å². The van der Waals surface area contributed by atoms with E-state index in [9.17, 15) is 0 Å². The molecule has 0 unspecified atom stereocenters. The van der Waals surface area contributed by atoms with Crippen molar-refractivity contribution in [3.63, 3.8) is 0 Å². The van der Waals surface area contributed by atoms with E-state index in [0.29, 0.717) is 21.9 Å². The van der Waals surface area contributed by atoms with Crippen molar-refractivity contribution < 1.29 is 9.47 Å². The van der Waals surface area contributed by atoms with Crippen molar-refractivity contribution in [3.05, 3.63) is 21.1 Å². The third-order valence-electron chi connectivity index (χ3n) is 2.43. The van der Waals surface area contributed by atoms with Crippen LogP contribution in [0.1, 0.15) is 0 Å². The van der Waals surface area contributed by atoms with Crippen molar-refractivity contribution >= 4 is 43.8 Å². The third kappa shape index (κ3) is 3.73. The first-order valence-corrected chi connectivity index (χ1v) is 7.39. The van der Waals surface area contributed by atoms with E-state index in [4.69, 9.17) is 15.2 Å². The lowest BCUT2D eigenvalue weighted by Crippen LogP contribution is -2.15. The first-order valence-electron chi connectivity index (χ1n) is 5.80. The highest BCUT2D eigenvalue weighted by molar-refractivity contribution is 9.11. The van der Waals surface area contributed by atoms with Crippen molar-refractivity contribution in [2.45, 2.75) is 0 Å². The summed E-state index contributed by atoms with van der Waals surface area (Å²) in [6.45, 7) is 0. The number of hydrogen-bond donors (Lipinski definition) is 1. The molecule has 0 atom stereocenters. The molecule has 0 spiro atoms. The largest absolute Gasteiger partial charge is 0.496 e. The molecular weight excluding hydrogens is 406 g/mol. The number of benzene rings is 1. The van der Waals surface area contributed by atoms with Crippen molar-refractivity contribution in [3.8, 4) is 17.5 Å². The van der Waals surface area contributed by atoms with Gasteiger partial charge in [0, 0.05) is 20.2 Å². The number of nitrogens with two attached hydrogens (primary N) is 1. The maximum absolute atomic E-state index is 5.66. The molecule has 1 aromatic heterocycles. The summed E-state index contributed by atoms with van der Waals surface area (Å²) < 4.78 is 12.3. The fraction of sp³-hybridized carbons (Fsp3) is 0.250. The molecule has 112 valence electrons. The van der Waals surface area contributed by atoms with Gasteiger partial charge in [0.1, 0.15) is 11.5 Å². The minimum Gasteiger partial charge on any atom is -0.496 e.